The van der Waals surface area contributed by atoms with E-state index in [-0.39, 0.29) is 16.4 Å². The van der Waals surface area contributed by atoms with Gasteiger partial charge >= 0.3 is 0 Å². The minimum absolute atomic E-state index is 0.107. The molecule has 1 aliphatic rings. The van der Waals surface area contributed by atoms with Gasteiger partial charge in [-0.25, -0.2) is 9.37 Å². The molecule has 2 heterocycles. The van der Waals surface area contributed by atoms with Crippen molar-refractivity contribution in [3.8, 4) is 11.3 Å². The van der Waals surface area contributed by atoms with Crippen LogP contribution in [0, 0.1) is 11.2 Å². The Morgan fingerprint density at radius 1 is 1.19 bits per heavy atom. The van der Waals surface area contributed by atoms with Crippen molar-refractivity contribution in [1.82, 2.24) is 9.97 Å². The summed E-state index contributed by atoms with van der Waals surface area (Å²) in [5.74, 6) is -0.464. The maximum Gasteiger partial charge on any atom is 0.169 e. The average Bonchev–Trinajstić information content (AvgIpc) is 2.95. The molecule has 5 heteroatoms. The van der Waals surface area contributed by atoms with E-state index in [1.54, 1.807) is 6.07 Å². The molecule has 0 saturated carbocycles. The van der Waals surface area contributed by atoms with Crippen LogP contribution in [0.5, 0.6) is 0 Å². The largest absolute Gasteiger partial charge is 0.357 e. The smallest absolute Gasteiger partial charge is 0.169 e. The number of pyridine rings is 1. The lowest BCUT2D eigenvalue weighted by Gasteiger charge is -2.28. The average molecular weight is 383 g/mol. The summed E-state index contributed by atoms with van der Waals surface area (Å²) in [6.07, 6.45) is 3.27. The van der Waals surface area contributed by atoms with Crippen molar-refractivity contribution in [2.75, 3.05) is 0 Å². The Balaban J connectivity index is 1.93. The Kier molecular flexibility index (Phi) is 4.39. The lowest BCUT2D eigenvalue weighted by molar-refractivity contribution is 0.0911. The summed E-state index contributed by atoms with van der Waals surface area (Å²) in [6, 6.07) is 11.5. The fourth-order valence-corrected chi connectivity index (χ4v) is 4.11. The number of rotatable bonds is 3. The Hall–Kier alpha value is -2.46. The number of nitrogens with zero attached hydrogens (tertiary/aromatic N) is 1. The number of nitrogens with one attached hydrogen (secondary N) is 1. The van der Waals surface area contributed by atoms with Gasteiger partial charge in [-0.15, -0.1) is 0 Å². The molecule has 1 aromatic carbocycles. The normalized spacial score (nSPS) is 15.6. The first-order chi connectivity index (χ1) is 12.9. The first-order valence-corrected chi connectivity index (χ1v) is 9.35. The van der Waals surface area contributed by atoms with Crippen molar-refractivity contribution in [2.24, 2.45) is 5.41 Å². The Morgan fingerprint density at radius 2 is 1.93 bits per heavy atom. The maximum absolute atomic E-state index is 14.7. The van der Waals surface area contributed by atoms with Gasteiger partial charge in [-0.2, -0.15) is 0 Å². The quantitative estimate of drug-likeness (QED) is 0.598. The van der Waals surface area contributed by atoms with Crippen molar-refractivity contribution < 1.29 is 9.18 Å². The number of aromatic nitrogens is 2. The monoisotopic (exact) mass is 382 g/mol. The number of halogens is 2. The van der Waals surface area contributed by atoms with Crippen LogP contribution in [-0.4, -0.2) is 15.8 Å². The van der Waals surface area contributed by atoms with E-state index in [9.17, 15) is 9.18 Å². The van der Waals surface area contributed by atoms with Crippen molar-refractivity contribution >= 4 is 17.4 Å². The zero-order chi connectivity index (χ0) is 19.2. The van der Waals surface area contributed by atoms with Gasteiger partial charge in [0.2, 0.25) is 0 Å². The molecule has 0 atom stereocenters. The summed E-state index contributed by atoms with van der Waals surface area (Å²) in [6.45, 7) is 4.16. The summed E-state index contributed by atoms with van der Waals surface area (Å²) in [5.41, 5.74) is 4.34. The van der Waals surface area contributed by atoms with Gasteiger partial charge in [-0.3, -0.25) is 4.79 Å². The van der Waals surface area contributed by atoms with Gasteiger partial charge in [0.1, 0.15) is 0 Å². The summed E-state index contributed by atoms with van der Waals surface area (Å²) in [7, 11) is 0. The zero-order valence-electron chi connectivity index (χ0n) is 15.3. The molecule has 0 radical (unpaired) electrons. The molecular weight excluding hydrogens is 363 g/mol. The van der Waals surface area contributed by atoms with Gasteiger partial charge in [0.25, 0.3) is 0 Å². The van der Waals surface area contributed by atoms with Crippen LogP contribution >= 0.6 is 11.6 Å². The molecule has 0 spiro atoms. The van der Waals surface area contributed by atoms with Crippen LogP contribution < -0.4 is 0 Å². The van der Waals surface area contributed by atoms with Crippen LogP contribution in [0.4, 0.5) is 4.39 Å². The fourth-order valence-electron chi connectivity index (χ4n) is 3.95. The molecule has 0 amide bonds. The van der Waals surface area contributed by atoms with E-state index in [1.165, 1.54) is 6.20 Å². The highest BCUT2D eigenvalue weighted by atomic mass is 35.5. The van der Waals surface area contributed by atoms with Crippen molar-refractivity contribution in [3.05, 3.63) is 75.9 Å². The molecule has 0 unspecified atom stereocenters. The number of Topliss-reactive ketones (excluding diaryl/α,β-unsaturated/α-hetero) is 1. The van der Waals surface area contributed by atoms with Gasteiger partial charge in [-0.1, -0.05) is 55.8 Å². The third kappa shape index (κ3) is 3.30. The van der Waals surface area contributed by atoms with E-state index >= 15 is 0 Å². The molecule has 1 N–H and O–H groups in total. The topological polar surface area (TPSA) is 45.8 Å². The molecule has 27 heavy (non-hydrogen) atoms. The van der Waals surface area contributed by atoms with E-state index < -0.39 is 5.82 Å². The highest BCUT2D eigenvalue weighted by Crippen LogP contribution is 2.41. The molecule has 138 valence electrons. The molecule has 2 aromatic heterocycles. The van der Waals surface area contributed by atoms with Crippen molar-refractivity contribution in [1.29, 1.82) is 0 Å². The number of carbonyl (C=O) groups is 1. The predicted octanol–water partition coefficient (Wildman–Crippen LogP) is 5.62. The van der Waals surface area contributed by atoms with Crippen molar-refractivity contribution in [3.63, 3.8) is 0 Å². The van der Waals surface area contributed by atoms with Crippen LogP contribution in [0.2, 0.25) is 5.15 Å². The molecule has 0 saturated heterocycles. The number of aromatic amines is 1. The fraction of sp³-hybridized carbons (Fsp3) is 0.273. The summed E-state index contributed by atoms with van der Waals surface area (Å²) in [5, 5.41) is -0.169. The molecule has 1 aliphatic carbocycles. The highest BCUT2D eigenvalue weighted by molar-refractivity contribution is 6.29. The molecule has 0 aliphatic heterocycles. The predicted molar refractivity (Wildman–Crippen MR) is 105 cm³/mol. The summed E-state index contributed by atoms with van der Waals surface area (Å²) < 4.78 is 14.7. The van der Waals surface area contributed by atoms with Gasteiger partial charge in [-0.05, 0) is 29.0 Å². The number of hydrogen-bond acceptors (Lipinski definition) is 2. The van der Waals surface area contributed by atoms with E-state index in [2.05, 4.69) is 23.8 Å². The Labute approximate surface area is 162 Å². The van der Waals surface area contributed by atoms with Crippen LogP contribution in [-0.2, 0) is 12.8 Å². The second-order valence-electron chi connectivity index (χ2n) is 7.90. The zero-order valence-corrected chi connectivity index (χ0v) is 16.0. The number of carbonyl (C=O) groups excluding carboxylic acids is 1. The van der Waals surface area contributed by atoms with E-state index in [0.717, 1.165) is 23.2 Å². The molecular formula is C22H20ClFN2O. The molecule has 0 bridgehead atoms. The summed E-state index contributed by atoms with van der Waals surface area (Å²) >= 11 is 5.91. The van der Waals surface area contributed by atoms with E-state index in [4.69, 9.17) is 11.6 Å². The Morgan fingerprint density at radius 3 is 2.67 bits per heavy atom. The first kappa shape index (κ1) is 17.9. The van der Waals surface area contributed by atoms with E-state index in [1.807, 2.05) is 30.3 Å². The van der Waals surface area contributed by atoms with Gasteiger partial charge < -0.3 is 4.98 Å². The Bertz CT molecular complexity index is 1020. The minimum atomic E-state index is -0.571. The van der Waals surface area contributed by atoms with Crippen LogP contribution in [0.15, 0.2) is 42.6 Å². The first-order valence-electron chi connectivity index (χ1n) is 8.97. The van der Waals surface area contributed by atoms with Crippen LogP contribution in [0.3, 0.4) is 0 Å². The van der Waals surface area contributed by atoms with Gasteiger partial charge in [0.15, 0.2) is 16.8 Å². The number of ketones is 1. The van der Waals surface area contributed by atoms with Crippen LogP contribution in [0.1, 0.15) is 47.4 Å². The number of benzene rings is 1. The lowest BCUT2D eigenvalue weighted by Crippen LogP contribution is -2.27. The third-order valence-corrected chi connectivity index (χ3v) is 5.36. The molecule has 0 fully saturated rings. The number of fused-ring (bicyclic) bond motifs is 1. The van der Waals surface area contributed by atoms with Crippen molar-refractivity contribution in [2.45, 2.75) is 33.1 Å². The standard InChI is InChI=1S/C22H20ClFN2O/c1-22(2)11-16-18(17(27)12-22)15(10-13-6-4-3-5-7-13)20(26-16)14-8-9-25-21(23)19(14)24/h3-9,26H,10-12H2,1-2H3. The maximum atomic E-state index is 14.7. The SMILES string of the molecule is CC1(C)CC(=O)c2c([nH]c(-c3ccnc(Cl)c3F)c2Cc2ccccc2)C1. The second-order valence-corrected chi connectivity index (χ2v) is 8.26. The molecule has 3 nitrogen and oxygen atoms in total. The van der Waals surface area contributed by atoms with Gasteiger partial charge in [0, 0.05) is 35.9 Å². The lowest BCUT2D eigenvalue weighted by atomic mass is 9.75. The number of H-pyrrole nitrogens is 1. The molecule has 3 aromatic rings. The second kappa shape index (κ2) is 6.61. The highest BCUT2D eigenvalue weighted by Gasteiger charge is 2.35. The van der Waals surface area contributed by atoms with E-state index in [0.29, 0.717) is 29.7 Å². The minimum Gasteiger partial charge on any atom is -0.357 e. The number of hydrogen-bond donors (Lipinski definition) is 1. The van der Waals surface area contributed by atoms with Gasteiger partial charge in [0.05, 0.1) is 5.69 Å². The summed E-state index contributed by atoms with van der Waals surface area (Å²) in [4.78, 5) is 20.1. The van der Waals surface area contributed by atoms with Crippen LogP contribution in [0.25, 0.3) is 11.3 Å². The third-order valence-electron chi connectivity index (χ3n) is 5.09. The molecule has 4 rings (SSSR count).